The first-order valence-corrected chi connectivity index (χ1v) is 7.29. The lowest BCUT2D eigenvalue weighted by atomic mass is 9.93. The summed E-state index contributed by atoms with van der Waals surface area (Å²) in [5.41, 5.74) is 9.06. The van der Waals surface area contributed by atoms with Crippen molar-refractivity contribution in [2.24, 2.45) is 11.7 Å². The van der Waals surface area contributed by atoms with E-state index in [1.54, 1.807) is 0 Å². The van der Waals surface area contributed by atoms with Crippen LogP contribution in [0.1, 0.15) is 38.7 Å². The Morgan fingerprint density at radius 1 is 1.33 bits per heavy atom. The maximum Gasteiger partial charge on any atom is 0.0398 e. The summed E-state index contributed by atoms with van der Waals surface area (Å²) in [5.74, 6) is 0.752. The number of nitrogens with two attached hydrogens (primary N) is 1. The first kappa shape index (κ1) is 13.4. The Morgan fingerprint density at radius 2 is 2.11 bits per heavy atom. The van der Waals surface area contributed by atoms with Gasteiger partial charge in [-0.25, -0.2) is 0 Å². The van der Waals surface area contributed by atoms with E-state index in [0.717, 1.165) is 25.3 Å². The van der Waals surface area contributed by atoms with E-state index in [4.69, 9.17) is 5.73 Å². The van der Waals surface area contributed by atoms with Gasteiger partial charge in [0.05, 0.1) is 0 Å². The molecule has 0 fully saturated rings. The Morgan fingerprint density at radius 3 is 2.89 bits per heavy atom. The predicted octanol–water partition coefficient (Wildman–Crippen LogP) is 3.20. The zero-order chi connectivity index (χ0) is 13.0. The van der Waals surface area contributed by atoms with Crippen LogP contribution in [0.3, 0.4) is 0 Å². The van der Waals surface area contributed by atoms with Crippen LogP contribution in [0.15, 0.2) is 24.3 Å². The number of fused-ring (bicyclic) bond motifs is 1. The summed E-state index contributed by atoms with van der Waals surface area (Å²) in [7, 11) is 0. The third-order valence-corrected chi connectivity index (χ3v) is 3.86. The third kappa shape index (κ3) is 3.26. The van der Waals surface area contributed by atoms with Crippen molar-refractivity contribution in [3.8, 4) is 0 Å². The average molecular weight is 246 g/mol. The molecule has 1 heterocycles. The van der Waals surface area contributed by atoms with Crippen LogP contribution in [0.5, 0.6) is 0 Å². The van der Waals surface area contributed by atoms with Crippen LogP contribution in [0.2, 0.25) is 0 Å². The Kier molecular flexibility index (Phi) is 4.65. The van der Waals surface area contributed by atoms with E-state index in [-0.39, 0.29) is 0 Å². The van der Waals surface area contributed by atoms with E-state index in [9.17, 15) is 0 Å². The van der Waals surface area contributed by atoms with Crippen LogP contribution in [-0.2, 0) is 6.42 Å². The molecule has 0 bridgehead atoms. The lowest BCUT2D eigenvalue weighted by Gasteiger charge is -2.35. The summed E-state index contributed by atoms with van der Waals surface area (Å²) in [5, 5.41) is 0. The second-order valence-electron chi connectivity index (χ2n) is 5.72. The summed E-state index contributed by atoms with van der Waals surface area (Å²) < 4.78 is 0. The van der Waals surface area contributed by atoms with Gasteiger partial charge in [0.25, 0.3) is 0 Å². The molecule has 18 heavy (non-hydrogen) atoms. The van der Waals surface area contributed by atoms with Gasteiger partial charge < -0.3 is 10.6 Å². The SMILES string of the molecule is CCCC(N)CCN1CC(C)Cc2ccccc21. The molecule has 0 radical (unpaired) electrons. The molecule has 2 unspecified atom stereocenters. The van der Waals surface area contributed by atoms with Crippen molar-refractivity contribution in [2.75, 3.05) is 18.0 Å². The molecule has 0 spiro atoms. The normalized spacial score (nSPS) is 20.6. The number of para-hydroxylation sites is 1. The first-order valence-electron chi connectivity index (χ1n) is 7.29. The maximum absolute atomic E-state index is 6.13. The minimum atomic E-state index is 0.361. The topological polar surface area (TPSA) is 29.3 Å². The predicted molar refractivity (Wildman–Crippen MR) is 79.0 cm³/mol. The van der Waals surface area contributed by atoms with Crippen LogP contribution in [0.25, 0.3) is 0 Å². The molecule has 1 aliphatic heterocycles. The maximum atomic E-state index is 6.13. The highest BCUT2D eigenvalue weighted by Crippen LogP contribution is 2.29. The van der Waals surface area contributed by atoms with Crippen LogP contribution in [0.4, 0.5) is 5.69 Å². The number of rotatable bonds is 5. The van der Waals surface area contributed by atoms with Gasteiger partial charge in [-0.3, -0.25) is 0 Å². The van der Waals surface area contributed by atoms with E-state index >= 15 is 0 Å². The highest BCUT2D eigenvalue weighted by Gasteiger charge is 2.21. The van der Waals surface area contributed by atoms with Gasteiger partial charge >= 0.3 is 0 Å². The second-order valence-corrected chi connectivity index (χ2v) is 5.72. The van der Waals surface area contributed by atoms with Crippen molar-refractivity contribution in [1.82, 2.24) is 0 Å². The molecule has 0 saturated heterocycles. The molecule has 2 heteroatoms. The fraction of sp³-hybridized carbons (Fsp3) is 0.625. The van der Waals surface area contributed by atoms with Crippen molar-refractivity contribution < 1.29 is 0 Å². The highest BCUT2D eigenvalue weighted by molar-refractivity contribution is 5.55. The number of anilines is 1. The minimum absolute atomic E-state index is 0.361. The van der Waals surface area contributed by atoms with Crippen molar-refractivity contribution >= 4 is 5.69 Å². The summed E-state index contributed by atoms with van der Waals surface area (Å²) in [4.78, 5) is 2.53. The molecular weight excluding hydrogens is 220 g/mol. The van der Waals surface area contributed by atoms with Gasteiger partial charge in [0.1, 0.15) is 0 Å². The molecule has 0 aromatic heterocycles. The molecule has 2 rings (SSSR count). The van der Waals surface area contributed by atoms with Crippen LogP contribution >= 0.6 is 0 Å². The van der Waals surface area contributed by atoms with E-state index in [0.29, 0.717) is 6.04 Å². The molecule has 1 aliphatic rings. The van der Waals surface area contributed by atoms with Crippen molar-refractivity contribution in [3.63, 3.8) is 0 Å². The van der Waals surface area contributed by atoms with Crippen molar-refractivity contribution in [1.29, 1.82) is 0 Å². The molecule has 0 saturated carbocycles. The zero-order valence-corrected chi connectivity index (χ0v) is 11.7. The smallest absolute Gasteiger partial charge is 0.0398 e. The summed E-state index contributed by atoms with van der Waals surface area (Å²) in [6.07, 6.45) is 4.65. The Balaban J connectivity index is 2.00. The molecule has 0 aliphatic carbocycles. The summed E-state index contributed by atoms with van der Waals surface area (Å²) >= 11 is 0. The Labute approximate surface area is 111 Å². The highest BCUT2D eigenvalue weighted by atomic mass is 15.1. The molecular formula is C16H26N2. The lowest BCUT2D eigenvalue weighted by Crippen LogP contribution is -2.37. The van der Waals surface area contributed by atoms with Gasteiger partial charge in [-0.15, -0.1) is 0 Å². The third-order valence-electron chi connectivity index (χ3n) is 3.86. The van der Waals surface area contributed by atoms with Gasteiger partial charge in [0.2, 0.25) is 0 Å². The fourth-order valence-corrected chi connectivity index (χ4v) is 2.96. The monoisotopic (exact) mass is 246 g/mol. The van der Waals surface area contributed by atoms with E-state index in [1.165, 1.54) is 30.6 Å². The molecule has 100 valence electrons. The number of nitrogens with zero attached hydrogens (tertiary/aromatic N) is 1. The van der Waals surface area contributed by atoms with Crippen LogP contribution in [-0.4, -0.2) is 19.1 Å². The van der Waals surface area contributed by atoms with E-state index in [1.807, 2.05) is 0 Å². The molecule has 2 nitrogen and oxygen atoms in total. The standard InChI is InChI=1S/C16H26N2/c1-3-6-15(17)9-10-18-12-13(2)11-14-7-4-5-8-16(14)18/h4-5,7-8,13,15H,3,6,9-12,17H2,1-2H3. The first-order chi connectivity index (χ1) is 8.70. The summed E-state index contributed by atoms with van der Waals surface area (Å²) in [6.45, 7) is 6.82. The molecule has 2 atom stereocenters. The molecule has 1 aromatic rings. The second kappa shape index (κ2) is 6.24. The van der Waals surface area contributed by atoms with Crippen LogP contribution in [0, 0.1) is 5.92 Å². The van der Waals surface area contributed by atoms with Crippen LogP contribution < -0.4 is 10.6 Å². The van der Waals surface area contributed by atoms with Gasteiger partial charge in [-0.1, -0.05) is 38.5 Å². The van der Waals surface area contributed by atoms with Gasteiger partial charge in [-0.2, -0.15) is 0 Å². The molecule has 2 N–H and O–H groups in total. The van der Waals surface area contributed by atoms with Gasteiger partial charge in [0.15, 0.2) is 0 Å². The number of hydrogen-bond donors (Lipinski definition) is 1. The van der Waals surface area contributed by atoms with Crippen molar-refractivity contribution in [2.45, 2.75) is 45.6 Å². The van der Waals surface area contributed by atoms with Crippen molar-refractivity contribution in [3.05, 3.63) is 29.8 Å². The van der Waals surface area contributed by atoms with E-state index in [2.05, 4.69) is 43.0 Å². The number of benzene rings is 1. The average Bonchev–Trinajstić information content (AvgIpc) is 2.36. The Hall–Kier alpha value is -1.02. The number of hydrogen-bond acceptors (Lipinski definition) is 2. The quantitative estimate of drug-likeness (QED) is 0.864. The Bertz CT molecular complexity index is 375. The van der Waals surface area contributed by atoms with E-state index < -0.39 is 0 Å². The zero-order valence-electron chi connectivity index (χ0n) is 11.7. The molecule has 1 aromatic carbocycles. The largest absolute Gasteiger partial charge is 0.371 e. The fourth-order valence-electron chi connectivity index (χ4n) is 2.96. The molecule has 0 amide bonds. The van der Waals surface area contributed by atoms with Gasteiger partial charge in [0, 0.05) is 24.8 Å². The van der Waals surface area contributed by atoms with Gasteiger partial charge in [-0.05, 0) is 36.8 Å². The summed E-state index contributed by atoms with van der Waals surface area (Å²) in [6, 6.07) is 9.18. The lowest BCUT2D eigenvalue weighted by molar-refractivity contribution is 0.499. The minimum Gasteiger partial charge on any atom is -0.371 e.